The lowest BCUT2D eigenvalue weighted by molar-refractivity contribution is -0.334. The Labute approximate surface area is 118 Å². The fourth-order valence-electron chi connectivity index (χ4n) is 5.58. The molecule has 2 aliphatic carbocycles. The van der Waals surface area contributed by atoms with Crippen LogP contribution in [0.4, 0.5) is 0 Å². The molecule has 20 heavy (non-hydrogen) atoms. The van der Waals surface area contributed by atoms with Crippen LogP contribution >= 0.6 is 0 Å². The maximum Gasteiger partial charge on any atom is 0.312 e. The van der Waals surface area contributed by atoms with E-state index >= 15 is 0 Å². The number of carbonyl (C=O) groups is 1. The second-order valence-electron chi connectivity index (χ2n) is 7.53. The molecule has 2 N–H and O–H groups in total. The smallest absolute Gasteiger partial charge is 0.312 e. The molecule has 0 aromatic rings. The van der Waals surface area contributed by atoms with Crippen molar-refractivity contribution in [2.75, 3.05) is 6.61 Å². The number of aliphatic hydroxyl groups is 2. The third kappa shape index (κ3) is 1.02. The molecule has 2 aliphatic heterocycles. The molecule has 2 heterocycles. The minimum Gasteiger partial charge on any atom is -0.456 e. The van der Waals surface area contributed by atoms with Gasteiger partial charge in [0.2, 0.25) is 5.79 Å². The van der Waals surface area contributed by atoms with Crippen molar-refractivity contribution in [2.24, 2.45) is 29.1 Å². The molecule has 5 nitrogen and oxygen atoms in total. The number of hydrogen-bond donors (Lipinski definition) is 2. The minimum atomic E-state index is -1.56. The van der Waals surface area contributed by atoms with E-state index in [4.69, 9.17) is 9.47 Å². The van der Waals surface area contributed by atoms with E-state index in [0.29, 0.717) is 13.0 Å². The van der Waals surface area contributed by atoms with Crippen LogP contribution in [0, 0.1) is 29.1 Å². The zero-order chi connectivity index (χ0) is 14.5. The van der Waals surface area contributed by atoms with Gasteiger partial charge in [0.1, 0.15) is 0 Å². The summed E-state index contributed by atoms with van der Waals surface area (Å²) in [4.78, 5) is 12.3. The molecule has 0 amide bonds. The van der Waals surface area contributed by atoms with Gasteiger partial charge >= 0.3 is 5.97 Å². The molecule has 5 heteroatoms. The molecule has 4 fully saturated rings. The van der Waals surface area contributed by atoms with E-state index in [1.807, 2.05) is 20.8 Å². The summed E-state index contributed by atoms with van der Waals surface area (Å²) in [6, 6.07) is 0. The number of carbonyl (C=O) groups excluding carboxylic acids is 1. The number of ether oxygens (including phenoxy) is 2. The Balaban J connectivity index is 1.96. The molecule has 2 saturated carbocycles. The molecule has 4 aliphatic rings. The van der Waals surface area contributed by atoms with E-state index in [2.05, 4.69) is 0 Å². The van der Waals surface area contributed by atoms with Crippen molar-refractivity contribution in [1.29, 1.82) is 0 Å². The second kappa shape index (κ2) is 3.39. The van der Waals surface area contributed by atoms with Crippen LogP contribution in [0.2, 0.25) is 0 Å². The third-order valence-electron chi connectivity index (χ3n) is 6.74. The zero-order valence-corrected chi connectivity index (χ0v) is 12.1. The molecule has 0 spiro atoms. The summed E-state index contributed by atoms with van der Waals surface area (Å²) in [5.41, 5.74) is -2.03. The summed E-state index contributed by atoms with van der Waals surface area (Å²) in [6.45, 7) is 6.31. The topological polar surface area (TPSA) is 76.0 Å². The molecule has 4 rings (SSSR count). The van der Waals surface area contributed by atoms with E-state index < -0.39 is 28.8 Å². The van der Waals surface area contributed by atoms with Crippen molar-refractivity contribution in [1.82, 2.24) is 0 Å². The Morgan fingerprint density at radius 3 is 2.70 bits per heavy atom. The normalized spacial score (nSPS) is 60.0. The Kier molecular flexibility index (Phi) is 2.21. The molecule has 0 aromatic heterocycles. The average Bonchev–Trinajstić information content (AvgIpc) is 2.93. The largest absolute Gasteiger partial charge is 0.456 e. The molecule has 7 atom stereocenters. The number of fused-ring (bicyclic) bond motifs is 4. The first kappa shape index (κ1) is 13.0. The molecule has 0 aromatic carbocycles. The zero-order valence-electron chi connectivity index (χ0n) is 12.1. The van der Waals surface area contributed by atoms with Gasteiger partial charge in [-0.3, -0.25) is 4.79 Å². The Bertz CT molecular complexity index is 491. The van der Waals surface area contributed by atoms with Crippen LogP contribution in [-0.4, -0.2) is 40.3 Å². The first-order valence-corrected chi connectivity index (χ1v) is 7.56. The molecular weight excluding hydrogens is 260 g/mol. The first-order valence-electron chi connectivity index (χ1n) is 7.56. The van der Waals surface area contributed by atoms with Gasteiger partial charge in [0.25, 0.3) is 0 Å². The van der Waals surface area contributed by atoms with Crippen molar-refractivity contribution in [3.05, 3.63) is 0 Å². The van der Waals surface area contributed by atoms with Crippen molar-refractivity contribution in [3.8, 4) is 0 Å². The lowest BCUT2D eigenvalue weighted by Gasteiger charge is -2.55. The van der Waals surface area contributed by atoms with Gasteiger partial charge < -0.3 is 19.7 Å². The Morgan fingerprint density at radius 2 is 2.05 bits per heavy atom. The van der Waals surface area contributed by atoms with Crippen molar-refractivity contribution < 1.29 is 24.5 Å². The van der Waals surface area contributed by atoms with E-state index in [-0.39, 0.29) is 23.7 Å². The van der Waals surface area contributed by atoms with Gasteiger partial charge in [-0.05, 0) is 24.7 Å². The summed E-state index contributed by atoms with van der Waals surface area (Å²) in [5.74, 6) is -2.43. The van der Waals surface area contributed by atoms with E-state index in [1.165, 1.54) is 0 Å². The second-order valence-corrected chi connectivity index (χ2v) is 7.53. The highest BCUT2D eigenvalue weighted by Crippen LogP contribution is 2.71. The standard InChI is InChI=1S/C15H22O5/c1-7(2)9-10-12(16)20-11(9)15(18)13(3)8(6-19-15)4-5-14(10,13)17/h7-11,17-18H,4-6H2,1-3H3/t8-,9+,10-,11-,13+,14-,15-/m1/s1. The molecule has 0 unspecified atom stereocenters. The monoisotopic (exact) mass is 282 g/mol. The van der Waals surface area contributed by atoms with Gasteiger partial charge in [0, 0.05) is 5.92 Å². The van der Waals surface area contributed by atoms with Crippen LogP contribution in [0.5, 0.6) is 0 Å². The predicted octanol–water partition coefficient (Wildman–Crippen LogP) is 0.680. The van der Waals surface area contributed by atoms with E-state index in [1.54, 1.807) is 0 Å². The van der Waals surface area contributed by atoms with E-state index in [9.17, 15) is 15.0 Å². The molecular formula is C15H22O5. The summed E-state index contributed by atoms with van der Waals surface area (Å²) < 4.78 is 11.2. The van der Waals surface area contributed by atoms with Gasteiger partial charge in [-0.1, -0.05) is 20.8 Å². The average molecular weight is 282 g/mol. The van der Waals surface area contributed by atoms with Crippen LogP contribution < -0.4 is 0 Å². The third-order valence-corrected chi connectivity index (χ3v) is 6.74. The molecule has 2 bridgehead atoms. The highest BCUT2D eigenvalue weighted by atomic mass is 16.7. The Hall–Kier alpha value is -0.650. The lowest BCUT2D eigenvalue weighted by Crippen LogP contribution is -2.70. The minimum absolute atomic E-state index is 0.0881. The number of esters is 1. The van der Waals surface area contributed by atoms with Crippen LogP contribution in [0.3, 0.4) is 0 Å². The number of hydrogen-bond acceptors (Lipinski definition) is 5. The van der Waals surface area contributed by atoms with Crippen LogP contribution in [-0.2, 0) is 14.3 Å². The summed E-state index contributed by atoms with van der Waals surface area (Å²) in [7, 11) is 0. The lowest BCUT2D eigenvalue weighted by atomic mass is 9.52. The number of rotatable bonds is 1. The molecule has 2 saturated heterocycles. The van der Waals surface area contributed by atoms with Crippen LogP contribution in [0.1, 0.15) is 33.6 Å². The Morgan fingerprint density at radius 1 is 1.35 bits per heavy atom. The van der Waals surface area contributed by atoms with Gasteiger partial charge in [0.15, 0.2) is 6.10 Å². The van der Waals surface area contributed by atoms with Crippen molar-refractivity contribution in [2.45, 2.75) is 51.1 Å². The SMILES string of the molecule is CC(C)[C@@H]1[C@H]2OC(=O)[C@@H]1[C@]1(O)CC[C@@H]3CO[C@@]2(O)[C@@]31C. The quantitative estimate of drug-likeness (QED) is 0.692. The van der Waals surface area contributed by atoms with Gasteiger partial charge in [-0.2, -0.15) is 0 Å². The van der Waals surface area contributed by atoms with Gasteiger partial charge in [-0.25, -0.2) is 0 Å². The van der Waals surface area contributed by atoms with Crippen molar-refractivity contribution >= 4 is 5.97 Å². The summed E-state index contributed by atoms with van der Waals surface area (Å²) >= 11 is 0. The maximum absolute atomic E-state index is 12.3. The summed E-state index contributed by atoms with van der Waals surface area (Å²) in [5, 5.41) is 22.5. The first-order chi connectivity index (χ1) is 9.27. The van der Waals surface area contributed by atoms with Gasteiger partial charge in [-0.15, -0.1) is 0 Å². The van der Waals surface area contributed by atoms with Gasteiger partial charge in [0.05, 0.1) is 23.5 Å². The molecule has 112 valence electrons. The van der Waals surface area contributed by atoms with Crippen molar-refractivity contribution in [3.63, 3.8) is 0 Å². The maximum atomic E-state index is 12.3. The van der Waals surface area contributed by atoms with E-state index in [0.717, 1.165) is 6.42 Å². The van der Waals surface area contributed by atoms with Crippen LogP contribution in [0.15, 0.2) is 0 Å². The summed E-state index contributed by atoms with van der Waals surface area (Å²) in [6.07, 6.45) is 0.667. The fraction of sp³-hybridized carbons (Fsp3) is 0.933. The fourth-order valence-corrected chi connectivity index (χ4v) is 5.58. The van der Waals surface area contributed by atoms with Crippen LogP contribution in [0.25, 0.3) is 0 Å². The predicted molar refractivity (Wildman–Crippen MR) is 68.4 cm³/mol. The highest BCUT2D eigenvalue weighted by molar-refractivity contribution is 5.78. The molecule has 0 radical (unpaired) electrons. The highest BCUT2D eigenvalue weighted by Gasteiger charge is 2.84.